The summed E-state index contributed by atoms with van der Waals surface area (Å²) in [5.74, 6) is -0.384. The molecule has 1 aliphatic rings. The highest BCUT2D eigenvalue weighted by molar-refractivity contribution is 5.89. The van der Waals surface area contributed by atoms with Crippen LogP contribution in [0.15, 0.2) is 54.9 Å². The quantitative estimate of drug-likeness (QED) is 0.894. The molecule has 2 amide bonds. The fourth-order valence-electron chi connectivity index (χ4n) is 2.61. The van der Waals surface area contributed by atoms with Crippen LogP contribution in [-0.2, 0) is 27.4 Å². The van der Waals surface area contributed by atoms with Crippen molar-refractivity contribution < 1.29 is 14.3 Å². The van der Waals surface area contributed by atoms with Gasteiger partial charge >= 0.3 is 0 Å². The molecule has 6 heteroatoms. The van der Waals surface area contributed by atoms with Gasteiger partial charge in [0.1, 0.15) is 12.6 Å². The summed E-state index contributed by atoms with van der Waals surface area (Å²) in [4.78, 5) is 30.2. The van der Waals surface area contributed by atoms with Gasteiger partial charge in [-0.3, -0.25) is 14.6 Å². The normalized spacial score (nSPS) is 17.6. The van der Waals surface area contributed by atoms with E-state index in [1.165, 1.54) is 0 Å². The van der Waals surface area contributed by atoms with Crippen LogP contribution in [0.2, 0.25) is 0 Å². The first-order chi connectivity index (χ1) is 11.7. The van der Waals surface area contributed by atoms with E-state index in [1.54, 1.807) is 17.3 Å². The predicted molar refractivity (Wildman–Crippen MR) is 87.7 cm³/mol. The predicted octanol–water partition coefficient (Wildman–Crippen LogP) is 1.13. The molecule has 1 aromatic heterocycles. The highest BCUT2D eigenvalue weighted by Crippen LogP contribution is 2.14. The first kappa shape index (κ1) is 16.1. The number of benzene rings is 1. The Morgan fingerprint density at radius 3 is 2.67 bits per heavy atom. The SMILES string of the molecule is O=C(NCc1ccncc1)C1COCC(=O)N1Cc1ccccc1. The minimum Gasteiger partial charge on any atom is -0.369 e. The van der Waals surface area contributed by atoms with Crippen molar-refractivity contribution in [1.29, 1.82) is 0 Å². The highest BCUT2D eigenvalue weighted by atomic mass is 16.5. The van der Waals surface area contributed by atoms with E-state index >= 15 is 0 Å². The van der Waals surface area contributed by atoms with Gasteiger partial charge in [-0.2, -0.15) is 0 Å². The molecule has 0 spiro atoms. The molecule has 6 nitrogen and oxygen atoms in total. The zero-order chi connectivity index (χ0) is 16.8. The summed E-state index contributed by atoms with van der Waals surface area (Å²) in [5.41, 5.74) is 1.94. The van der Waals surface area contributed by atoms with Crippen molar-refractivity contribution in [3.8, 4) is 0 Å². The Bertz CT molecular complexity index is 691. The fraction of sp³-hybridized carbons (Fsp3) is 0.278. The number of pyridine rings is 1. The summed E-state index contributed by atoms with van der Waals surface area (Å²) in [7, 11) is 0. The lowest BCUT2D eigenvalue weighted by Gasteiger charge is -2.34. The Kier molecular flexibility index (Phi) is 5.18. The van der Waals surface area contributed by atoms with Gasteiger partial charge in [-0.15, -0.1) is 0 Å². The van der Waals surface area contributed by atoms with Crippen LogP contribution in [-0.4, -0.2) is 41.0 Å². The number of amides is 2. The molecule has 0 aliphatic carbocycles. The zero-order valence-electron chi connectivity index (χ0n) is 13.2. The maximum absolute atomic E-state index is 12.5. The van der Waals surface area contributed by atoms with Gasteiger partial charge in [-0.25, -0.2) is 0 Å². The maximum Gasteiger partial charge on any atom is 0.249 e. The van der Waals surface area contributed by atoms with Crippen LogP contribution < -0.4 is 5.32 Å². The van der Waals surface area contributed by atoms with E-state index in [0.29, 0.717) is 13.1 Å². The monoisotopic (exact) mass is 325 g/mol. The Labute approximate surface area is 140 Å². The lowest BCUT2D eigenvalue weighted by Crippen LogP contribution is -2.55. The Morgan fingerprint density at radius 1 is 1.17 bits per heavy atom. The number of morpholine rings is 1. The second-order valence-electron chi connectivity index (χ2n) is 5.61. The Balaban J connectivity index is 1.66. The van der Waals surface area contributed by atoms with Gasteiger partial charge in [-0.05, 0) is 23.3 Å². The van der Waals surface area contributed by atoms with Crippen molar-refractivity contribution in [2.24, 2.45) is 0 Å². The van der Waals surface area contributed by atoms with Gasteiger partial charge in [0.15, 0.2) is 0 Å². The third kappa shape index (κ3) is 3.97. The fourth-order valence-corrected chi connectivity index (χ4v) is 2.61. The van der Waals surface area contributed by atoms with Crippen molar-refractivity contribution >= 4 is 11.8 Å². The molecular formula is C18H19N3O3. The Hall–Kier alpha value is -2.73. The molecule has 0 saturated carbocycles. The van der Waals surface area contributed by atoms with Gasteiger partial charge in [0.2, 0.25) is 11.8 Å². The molecule has 1 atom stereocenters. The number of carbonyl (C=O) groups excluding carboxylic acids is 2. The third-order valence-electron chi connectivity index (χ3n) is 3.91. The summed E-state index contributed by atoms with van der Waals surface area (Å²) in [6.07, 6.45) is 3.35. The van der Waals surface area contributed by atoms with E-state index in [-0.39, 0.29) is 25.0 Å². The lowest BCUT2D eigenvalue weighted by atomic mass is 10.1. The number of carbonyl (C=O) groups is 2. The van der Waals surface area contributed by atoms with Crippen LogP contribution in [0.3, 0.4) is 0 Å². The van der Waals surface area contributed by atoms with Gasteiger partial charge in [0, 0.05) is 25.5 Å². The van der Waals surface area contributed by atoms with Crippen LogP contribution >= 0.6 is 0 Å². The molecule has 124 valence electrons. The van der Waals surface area contributed by atoms with Crippen LogP contribution in [0.25, 0.3) is 0 Å². The molecule has 1 fully saturated rings. The summed E-state index contributed by atoms with van der Waals surface area (Å²) < 4.78 is 5.27. The van der Waals surface area contributed by atoms with E-state index in [4.69, 9.17) is 4.74 Å². The van der Waals surface area contributed by atoms with Crippen molar-refractivity contribution in [3.05, 3.63) is 66.0 Å². The zero-order valence-corrected chi connectivity index (χ0v) is 13.2. The van der Waals surface area contributed by atoms with E-state index in [1.807, 2.05) is 42.5 Å². The number of ether oxygens (including phenoxy) is 1. The largest absolute Gasteiger partial charge is 0.369 e. The molecule has 1 unspecified atom stereocenters. The number of nitrogens with one attached hydrogen (secondary N) is 1. The molecule has 1 aliphatic heterocycles. The topological polar surface area (TPSA) is 71.5 Å². The van der Waals surface area contributed by atoms with Crippen LogP contribution in [0.4, 0.5) is 0 Å². The van der Waals surface area contributed by atoms with E-state index in [2.05, 4.69) is 10.3 Å². The molecule has 1 saturated heterocycles. The average molecular weight is 325 g/mol. The standard InChI is InChI=1S/C18H19N3O3/c22-17-13-24-12-16(21(17)11-15-4-2-1-3-5-15)18(23)20-10-14-6-8-19-9-7-14/h1-9,16H,10-13H2,(H,20,23). The van der Waals surface area contributed by atoms with Crippen molar-refractivity contribution in [2.75, 3.05) is 13.2 Å². The van der Waals surface area contributed by atoms with Gasteiger partial charge in [0.25, 0.3) is 0 Å². The van der Waals surface area contributed by atoms with Gasteiger partial charge in [-0.1, -0.05) is 30.3 Å². The molecule has 24 heavy (non-hydrogen) atoms. The lowest BCUT2D eigenvalue weighted by molar-refractivity contribution is -0.155. The van der Waals surface area contributed by atoms with Crippen molar-refractivity contribution in [1.82, 2.24) is 15.2 Å². The molecule has 1 aromatic carbocycles. The maximum atomic E-state index is 12.5. The van der Waals surface area contributed by atoms with Crippen LogP contribution in [0.5, 0.6) is 0 Å². The first-order valence-corrected chi connectivity index (χ1v) is 7.82. The second kappa shape index (κ2) is 7.70. The molecule has 2 aromatic rings. The average Bonchev–Trinajstić information content (AvgIpc) is 2.63. The molecule has 0 bridgehead atoms. The highest BCUT2D eigenvalue weighted by Gasteiger charge is 2.33. The smallest absolute Gasteiger partial charge is 0.249 e. The molecule has 0 radical (unpaired) electrons. The van der Waals surface area contributed by atoms with Crippen LogP contribution in [0, 0.1) is 0 Å². The summed E-state index contributed by atoms with van der Waals surface area (Å²) in [6.45, 7) is 1.02. The Morgan fingerprint density at radius 2 is 1.92 bits per heavy atom. The first-order valence-electron chi connectivity index (χ1n) is 7.82. The van der Waals surface area contributed by atoms with Gasteiger partial charge < -0.3 is 15.0 Å². The molecule has 1 N–H and O–H groups in total. The van der Waals surface area contributed by atoms with Crippen LogP contribution in [0.1, 0.15) is 11.1 Å². The number of nitrogens with zero attached hydrogens (tertiary/aromatic N) is 2. The minimum atomic E-state index is -0.617. The number of hydrogen-bond acceptors (Lipinski definition) is 4. The number of aromatic nitrogens is 1. The summed E-state index contributed by atoms with van der Waals surface area (Å²) >= 11 is 0. The van der Waals surface area contributed by atoms with E-state index in [0.717, 1.165) is 11.1 Å². The summed E-state index contributed by atoms with van der Waals surface area (Å²) in [6, 6.07) is 12.7. The summed E-state index contributed by atoms with van der Waals surface area (Å²) in [5, 5.41) is 2.86. The van der Waals surface area contributed by atoms with Gasteiger partial charge in [0.05, 0.1) is 6.61 Å². The molecule has 3 rings (SSSR count). The minimum absolute atomic E-state index is 0.0148. The molecule has 2 heterocycles. The van der Waals surface area contributed by atoms with E-state index in [9.17, 15) is 9.59 Å². The van der Waals surface area contributed by atoms with Crippen molar-refractivity contribution in [3.63, 3.8) is 0 Å². The molecular weight excluding hydrogens is 306 g/mol. The van der Waals surface area contributed by atoms with Crippen molar-refractivity contribution in [2.45, 2.75) is 19.1 Å². The number of hydrogen-bond donors (Lipinski definition) is 1. The van der Waals surface area contributed by atoms with E-state index < -0.39 is 6.04 Å². The third-order valence-corrected chi connectivity index (χ3v) is 3.91. The number of rotatable bonds is 5. The second-order valence-corrected chi connectivity index (χ2v) is 5.61.